The van der Waals surface area contributed by atoms with Gasteiger partial charge in [-0.2, -0.15) is 0 Å². The van der Waals surface area contributed by atoms with E-state index in [1.54, 1.807) is 0 Å². The van der Waals surface area contributed by atoms with E-state index in [2.05, 4.69) is 36.2 Å². The Balaban J connectivity index is 1.83. The first-order chi connectivity index (χ1) is 8.67. The predicted molar refractivity (Wildman–Crippen MR) is 72.7 cm³/mol. The molecule has 1 saturated carbocycles. The molecule has 0 bridgehead atoms. The van der Waals surface area contributed by atoms with Gasteiger partial charge >= 0.3 is 0 Å². The van der Waals surface area contributed by atoms with Crippen LogP contribution in [0.25, 0.3) is 0 Å². The minimum absolute atomic E-state index is 0.107. The molecule has 1 unspecified atom stereocenters. The van der Waals surface area contributed by atoms with Gasteiger partial charge in [0.05, 0.1) is 6.04 Å². The van der Waals surface area contributed by atoms with Crippen molar-refractivity contribution in [1.29, 1.82) is 0 Å². The molecule has 0 spiro atoms. The summed E-state index contributed by atoms with van der Waals surface area (Å²) in [5.41, 5.74) is 8.64. The molecule has 3 rings (SSSR count). The van der Waals surface area contributed by atoms with Gasteiger partial charge in [0, 0.05) is 11.1 Å². The second kappa shape index (κ2) is 4.39. The molecule has 2 aliphatic rings. The van der Waals surface area contributed by atoms with Crippen molar-refractivity contribution in [2.24, 2.45) is 10.7 Å². The van der Waals surface area contributed by atoms with Gasteiger partial charge in [0.25, 0.3) is 0 Å². The van der Waals surface area contributed by atoms with Gasteiger partial charge in [-0.25, -0.2) is 4.99 Å². The molecule has 1 atom stereocenters. The summed E-state index contributed by atoms with van der Waals surface area (Å²) in [6.45, 7) is 2.76. The molecule has 18 heavy (non-hydrogen) atoms. The van der Waals surface area contributed by atoms with Gasteiger partial charge in [-0.1, -0.05) is 25.0 Å². The van der Waals surface area contributed by atoms with Gasteiger partial charge in [-0.05, 0) is 37.5 Å². The molecule has 96 valence electrons. The van der Waals surface area contributed by atoms with Crippen molar-refractivity contribution >= 4 is 5.90 Å². The second-order valence-electron chi connectivity index (χ2n) is 5.53. The van der Waals surface area contributed by atoms with Crippen LogP contribution in [0.2, 0.25) is 0 Å². The van der Waals surface area contributed by atoms with E-state index in [4.69, 9.17) is 10.5 Å². The quantitative estimate of drug-likeness (QED) is 0.869. The summed E-state index contributed by atoms with van der Waals surface area (Å²) in [5.74, 6) is 0.770. The summed E-state index contributed by atoms with van der Waals surface area (Å²) in [4.78, 5) is 4.47. The molecule has 0 aromatic heterocycles. The Morgan fingerprint density at radius 3 is 2.44 bits per heavy atom. The Kier molecular flexibility index (Phi) is 2.86. The molecule has 1 heterocycles. The zero-order valence-electron chi connectivity index (χ0n) is 10.9. The third-order valence-electron chi connectivity index (χ3n) is 4.00. The fourth-order valence-corrected chi connectivity index (χ4v) is 2.87. The Morgan fingerprint density at radius 2 is 1.89 bits per heavy atom. The molecular formula is C15H20N2O. The Hall–Kier alpha value is -1.35. The highest BCUT2D eigenvalue weighted by Crippen LogP contribution is 2.36. The van der Waals surface area contributed by atoms with E-state index in [1.165, 1.54) is 18.4 Å². The molecule has 1 aliphatic heterocycles. The lowest BCUT2D eigenvalue weighted by atomic mass is 9.89. The molecule has 0 amide bonds. The highest BCUT2D eigenvalue weighted by atomic mass is 16.5. The molecule has 2 N–H and O–H groups in total. The van der Waals surface area contributed by atoms with Crippen LogP contribution in [0.15, 0.2) is 29.3 Å². The summed E-state index contributed by atoms with van der Waals surface area (Å²) in [5, 5.41) is 0. The number of rotatable bonds is 2. The highest BCUT2D eigenvalue weighted by molar-refractivity contribution is 5.95. The summed E-state index contributed by atoms with van der Waals surface area (Å²) in [6.07, 6.45) is 4.68. The van der Waals surface area contributed by atoms with Crippen LogP contribution in [0.4, 0.5) is 0 Å². The number of nitrogens with two attached hydrogens (primary N) is 1. The molecule has 1 aliphatic carbocycles. The van der Waals surface area contributed by atoms with Crippen molar-refractivity contribution in [3.63, 3.8) is 0 Å². The van der Waals surface area contributed by atoms with Gasteiger partial charge in [0.1, 0.15) is 6.61 Å². The normalized spacial score (nSPS) is 25.9. The average molecular weight is 244 g/mol. The largest absolute Gasteiger partial charge is 0.475 e. The standard InChI is InChI=1S/C15H20N2O/c1-11-10-18-14(17-11)12-4-6-13(7-5-12)15(16)8-2-3-9-15/h4-7,11H,2-3,8-10,16H2,1H3. The number of nitrogens with zero attached hydrogens (tertiary/aromatic N) is 1. The lowest BCUT2D eigenvalue weighted by Gasteiger charge is -2.24. The summed E-state index contributed by atoms with van der Waals surface area (Å²) in [6, 6.07) is 8.71. The van der Waals surface area contributed by atoms with Crippen molar-refractivity contribution in [2.75, 3.05) is 6.61 Å². The zero-order chi connectivity index (χ0) is 12.6. The van der Waals surface area contributed by atoms with Crippen molar-refractivity contribution in [3.8, 4) is 0 Å². The predicted octanol–water partition coefficient (Wildman–Crippen LogP) is 2.58. The van der Waals surface area contributed by atoms with Crippen LogP contribution in [-0.2, 0) is 10.3 Å². The van der Waals surface area contributed by atoms with E-state index < -0.39 is 0 Å². The van der Waals surface area contributed by atoms with Gasteiger partial charge in [-0.15, -0.1) is 0 Å². The number of ether oxygens (including phenoxy) is 1. The van der Waals surface area contributed by atoms with E-state index in [9.17, 15) is 0 Å². The maximum atomic E-state index is 6.44. The van der Waals surface area contributed by atoms with Crippen LogP contribution >= 0.6 is 0 Å². The van der Waals surface area contributed by atoms with Crippen molar-refractivity contribution in [2.45, 2.75) is 44.2 Å². The molecule has 1 fully saturated rings. The first kappa shape index (κ1) is 11.7. The number of aliphatic imine (C=N–C) groups is 1. The maximum absolute atomic E-state index is 6.44. The zero-order valence-corrected chi connectivity index (χ0v) is 10.9. The van der Waals surface area contributed by atoms with Crippen LogP contribution in [0.5, 0.6) is 0 Å². The molecule has 1 aromatic carbocycles. The van der Waals surface area contributed by atoms with Gasteiger partial charge in [0.2, 0.25) is 5.90 Å². The molecule has 0 radical (unpaired) electrons. The van der Waals surface area contributed by atoms with Gasteiger partial charge in [-0.3, -0.25) is 0 Å². The topological polar surface area (TPSA) is 47.6 Å². The smallest absolute Gasteiger partial charge is 0.216 e. The monoisotopic (exact) mass is 244 g/mol. The number of benzene rings is 1. The average Bonchev–Trinajstić information content (AvgIpc) is 3.00. The second-order valence-corrected chi connectivity index (χ2v) is 5.53. The lowest BCUT2D eigenvalue weighted by Crippen LogP contribution is -2.32. The van der Waals surface area contributed by atoms with Crippen molar-refractivity contribution in [1.82, 2.24) is 0 Å². The highest BCUT2D eigenvalue weighted by Gasteiger charge is 2.31. The van der Waals surface area contributed by atoms with E-state index in [0.29, 0.717) is 6.61 Å². The first-order valence-electron chi connectivity index (χ1n) is 6.78. The molecule has 3 nitrogen and oxygen atoms in total. The first-order valence-corrected chi connectivity index (χ1v) is 6.78. The Bertz CT molecular complexity index is 458. The Labute approximate surface area is 108 Å². The lowest BCUT2D eigenvalue weighted by molar-refractivity contribution is 0.324. The van der Waals surface area contributed by atoms with E-state index >= 15 is 0 Å². The van der Waals surface area contributed by atoms with Crippen LogP contribution in [-0.4, -0.2) is 18.5 Å². The third-order valence-corrected chi connectivity index (χ3v) is 4.00. The van der Waals surface area contributed by atoms with E-state index in [-0.39, 0.29) is 11.6 Å². The van der Waals surface area contributed by atoms with Crippen LogP contribution in [0, 0.1) is 0 Å². The Morgan fingerprint density at radius 1 is 1.22 bits per heavy atom. The van der Waals surface area contributed by atoms with Crippen LogP contribution in [0.1, 0.15) is 43.7 Å². The van der Waals surface area contributed by atoms with Crippen molar-refractivity contribution < 1.29 is 4.74 Å². The summed E-state index contributed by atoms with van der Waals surface area (Å²) < 4.78 is 5.56. The van der Waals surface area contributed by atoms with Crippen molar-refractivity contribution in [3.05, 3.63) is 35.4 Å². The molecule has 0 saturated heterocycles. The number of hydrogen-bond donors (Lipinski definition) is 1. The molecular weight excluding hydrogens is 224 g/mol. The minimum Gasteiger partial charge on any atom is -0.475 e. The third kappa shape index (κ3) is 2.03. The van der Waals surface area contributed by atoms with Gasteiger partial charge in [0.15, 0.2) is 0 Å². The fraction of sp³-hybridized carbons (Fsp3) is 0.533. The summed E-state index contributed by atoms with van der Waals surface area (Å²) in [7, 11) is 0. The molecule has 1 aromatic rings. The SMILES string of the molecule is CC1COC(c2ccc(C3(N)CCCC3)cc2)=N1. The van der Waals surface area contributed by atoms with Crippen LogP contribution < -0.4 is 5.73 Å². The number of hydrogen-bond acceptors (Lipinski definition) is 3. The fourth-order valence-electron chi connectivity index (χ4n) is 2.87. The van der Waals surface area contributed by atoms with E-state index in [0.717, 1.165) is 24.3 Å². The summed E-state index contributed by atoms with van der Waals surface area (Å²) >= 11 is 0. The minimum atomic E-state index is -0.107. The van der Waals surface area contributed by atoms with Crippen LogP contribution in [0.3, 0.4) is 0 Å². The van der Waals surface area contributed by atoms with Gasteiger partial charge < -0.3 is 10.5 Å². The molecule has 3 heteroatoms. The maximum Gasteiger partial charge on any atom is 0.216 e. The van der Waals surface area contributed by atoms with E-state index in [1.807, 2.05) is 0 Å².